The molecule has 28 heavy (non-hydrogen) atoms. The molecule has 1 aliphatic carbocycles. The lowest BCUT2D eigenvalue weighted by atomic mass is 10.2. The van der Waals surface area contributed by atoms with Gasteiger partial charge in [-0.15, -0.1) is 11.3 Å². The van der Waals surface area contributed by atoms with Gasteiger partial charge >= 0.3 is 0 Å². The molecule has 3 aromatic rings. The van der Waals surface area contributed by atoms with Crippen molar-refractivity contribution in [1.29, 1.82) is 0 Å². The van der Waals surface area contributed by atoms with E-state index in [1.54, 1.807) is 31.4 Å². The Bertz CT molecular complexity index is 992. The first-order valence-electron chi connectivity index (χ1n) is 9.09. The van der Waals surface area contributed by atoms with Crippen molar-refractivity contribution in [3.63, 3.8) is 0 Å². The topological polar surface area (TPSA) is 67.4 Å². The highest BCUT2D eigenvalue weighted by molar-refractivity contribution is 7.17. The third kappa shape index (κ3) is 4.07. The molecule has 142 valence electrons. The zero-order chi connectivity index (χ0) is 19.5. The fraction of sp³-hybridized carbons (Fsp3) is 0.182. The Hall–Kier alpha value is -3.12. The SMILES string of the molecule is COc1cc(-c2ccccc2)sc1C(=O)Nc1ccc(C(=O)NC2CC2)cc1. The zero-order valence-electron chi connectivity index (χ0n) is 15.4. The van der Waals surface area contributed by atoms with E-state index in [0.29, 0.717) is 27.9 Å². The monoisotopic (exact) mass is 392 g/mol. The molecule has 0 atom stereocenters. The summed E-state index contributed by atoms with van der Waals surface area (Å²) in [5.41, 5.74) is 2.26. The van der Waals surface area contributed by atoms with Crippen LogP contribution in [0.1, 0.15) is 32.9 Å². The van der Waals surface area contributed by atoms with E-state index in [1.807, 2.05) is 36.4 Å². The van der Waals surface area contributed by atoms with E-state index in [4.69, 9.17) is 4.74 Å². The van der Waals surface area contributed by atoms with Crippen LogP contribution in [0, 0.1) is 0 Å². The summed E-state index contributed by atoms with van der Waals surface area (Å²) in [4.78, 5) is 26.3. The van der Waals surface area contributed by atoms with Crippen LogP contribution in [0.15, 0.2) is 60.7 Å². The lowest BCUT2D eigenvalue weighted by molar-refractivity contribution is 0.0950. The number of ether oxygens (including phenoxy) is 1. The fourth-order valence-electron chi connectivity index (χ4n) is 2.82. The second-order valence-corrected chi connectivity index (χ2v) is 7.71. The molecule has 0 unspecified atom stereocenters. The number of benzene rings is 2. The predicted molar refractivity (Wildman–Crippen MR) is 111 cm³/mol. The number of amides is 2. The van der Waals surface area contributed by atoms with E-state index in [0.717, 1.165) is 23.3 Å². The summed E-state index contributed by atoms with van der Waals surface area (Å²) in [5.74, 6) is 0.230. The van der Waals surface area contributed by atoms with Gasteiger partial charge in [0.1, 0.15) is 10.6 Å². The minimum atomic E-state index is -0.237. The molecule has 2 amide bonds. The molecule has 1 aliphatic rings. The van der Waals surface area contributed by atoms with Gasteiger partial charge in [-0.3, -0.25) is 9.59 Å². The number of methoxy groups -OCH3 is 1. The summed E-state index contributed by atoms with van der Waals surface area (Å²) < 4.78 is 5.40. The first-order chi connectivity index (χ1) is 13.6. The van der Waals surface area contributed by atoms with Crippen molar-refractivity contribution in [2.75, 3.05) is 12.4 Å². The number of hydrogen-bond acceptors (Lipinski definition) is 4. The van der Waals surface area contributed by atoms with E-state index in [-0.39, 0.29) is 11.8 Å². The van der Waals surface area contributed by atoms with Crippen molar-refractivity contribution in [3.05, 3.63) is 71.1 Å². The summed E-state index contributed by atoms with van der Waals surface area (Å²) in [7, 11) is 1.56. The first kappa shape index (κ1) is 18.3. The first-order valence-corrected chi connectivity index (χ1v) is 9.91. The Morgan fingerprint density at radius 3 is 2.36 bits per heavy atom. The van der Waals surface area contributed by atoms with Crippen molar-refractivity contribution < 1.29 is 14.3 Å². The number of nitrogens with one attached hydrogen (secondary N) is 2. The maximum atomic E-state index is 12.8. The van der Waals surface area contributed by atoms with E-state index in [9.17, 15) is 9.59 Å². The number of carbonyl (C=O) groups excluding carboxylic acids is 2. The van der Waals surface area contributed by atoms with Gasteiger partial charge in [0.2, 0.25) is 0 Å². The normalized spacial score (nSPS) is 13.0. The van der Waals surface area contributed by atoms with E-state index >= 15 is 0 Å². The third-order valence-electron chi connectivity index (χ3n) is 4.50. The standard InChI is InChI=1S/C22H20N2O3S/c1-27-18-13-19(14-5-3-2-4-6-14)28-20(18)22(26)24-16-9-7-15(8-10-16)21(25)23-17-11-12-17/h2-10,13,17H,11-12H2,1H3,(H,23,25)(H,24,26). The maximum absolute atomic E-state index is 12.8. The summed E-state index contributed by atoms with van der Waals surface area (Å²) in [6.07, 6.45) is 2.10. The second-order valence-electron chi connectivity index (χ2n) is 6.65. The van der Waals surface area contributed by atoms with Crippen LogP contribution in [0.4, 0.5) is 5.69 Å². The molecule has 4 rings (SSSR count). The molecule has 2 aromatic carbocycles. The summed E-state index contributed by atoms with van der Waals surface area (Å²) in [6, 6.07) is 19.0. The van der Waals surface area contributed by atoms with Crippen LogP contribution < -0.4 is 15.4 Å². The van der Waals surface area contributed by atoms with Gasteiger partial charge in [0, 0.05) is 22.2 Å². The van der Waals surface area contributed by atoms with Gasteiger partial charge in [0.25, 0.3) is 11.8 Å². The van der Waals surface area contributed by atoms with Crippen LogP contribution in [0.25, 0.3) is 10.4 Å². The van der Waals surface area contributed by atoms with E-state index in [1.165, 1.54) is 11.3 Å². The molecule has 1 fully saturated rings. The molecular formula is C22H20N2O3S. The maximum Gasteiger partial charge on any atom is 0.269 e. The highest BCUT2D eigenvalue weighted by Gasteiger charge is 2.24. The average molecular weight is 392 g/mol. The van der Waals surface area contributed by atoms with Gasteiger partial charge in [-0.05, 0) is 48.7 Å². The third-order valence-corrected chi connectivity index (χ3v) is 5.66. The molecule has 1 aromatic heterocycles. The predicted octanol–water partition coefficient (Wildman–Crippen LogP) is 4.57. The lowest BCUT2D eigenvalue weighted by Crippen LogP contribution is -2.25. The molecule has 2 N–H and O–H groups in total. The lowest BCUT2D eigenvalue weighted by Gasteiger charge is -2.07. The van der Waals surface area contributed by atoms with Crippen LogP contribution in [0.5, 0.6) is 5.75 Å². The molecule has 0 saturated heterocycles. The van der Waals surface area contributed by atoms with Crippen molar-refractivity contribution in [1.82, 2.24) is 5.32 Å². The van der Waals surface area contributed by atoms with Gasteiger partial charge in [-0.25, -0.2) is 0 Å². The minimum Gasteiger partial charge on any atom is -0.495 e. The highest BCUT2D eigenvalue weighted by atomic mass is 32.1. The Morgan fingerprint density at radius 1 is 1.00 bits per heavy atom. The number of rotatable bonds is 6. The molecule has 0 bridgehead atoms. The van der Waals surface area contributed by atoms with Gasteiger partial charge < -0.3 is 15.4 Å². The summed E-state index contributed by atoms with van der Waals surface area (Å²) in [6.45, 7) is 0. The molecule has 0 spiro atoms. The molecule has 1 heterocycles. The Kier molecular flexibility index (Phi) is 5.12. The van der Waals surface area contributed by atoms with Crippen LogP contribution in [0.2, 0.25) is 0 Å². The van der Waals surface area contributed by atoms with Crippen LogP contribution >= 0.6 is 11.3 Å². The van der Waals surface area contributed by atoms with Crippen molar-refractivity contribution in [3.8, 4) is 16.2 Å². The number of carbonyl (C=O) groups is 2. The smallest absolute Gasteiger partial charge is 0.269 e. The van der Waals surface area contributed by atoms with Gasteiger partial charge in [0.05, 0.1) is 7.11 Å². The fourth-order valence-corrected chi connectivity index (χ4v) is 3.84. The molecule has 6 heteroatoms. The van der Waals surface area contributed by atoms with Crippen LogP contribution in [-0.2, 0) is 0 Å². The summed E-state index contributed by atoms with van der Waals surface area (Å²) in [5, 5.41) is 5.83. The molecule has 1 saturated carbocycles. The van der Waals surface area contributed by atoms with E-state index in [2.05, 4.69) is 10.6 Å². The number of anilines is 1. The molecule has 5 nitrogen and oxygen atoms in total. The molecule has 0 radical (unpaired) electrons. The minimum absolute atomic E-state index is 0.0761. The van der Waals surface area contributed by atoms with Crippen LogP contribution in [0.3, 0.4) is 0 Å². The Labute approximate surface area is 167 Å². The van der Waals surface area contributed by atoms with Crippen LogP contribution in [-0.4, -0.2) is 25.0 Å². The van der Waals surface area contributed by atoms with Gasteiger partial charge in [-0.1, -0.05) is 30.3 Å². The number of thiophene rings is 1. The Balaban J connectivity index is 1.48. The average Bonchev–Trinajstić information content (AvgIpc) is 3.43. The van der Waals surface area contributed by atoms with E-state index < -0.39 is 0 Å². The van der Waals surface area contributed by atoms with Crippen molar-refractivity contribution in [2.45, 2.75) is 18.9 Å². The number of hydrogen-bond donors (Lipinski definition) is 2. The molecule has 0 aliphatic heterocycles. The van der Waals surface area contributed by atoms with Gasteiger partial charge in [0.15, 0.2) is 0 Å². The largest absolute Gasteiger partial charge is 0.495 e. The van der Waals surface area contributed by atoms with Crippen molar-refractivity contribution in [2.24, 2.45) is 0 Å². The zero-order valence-corrected chi connectivity index (χ0v) is 16.2. The molecular weight excluding hydrogens is 372 g/mol. The van der Waals surface area contributed by atoms with Crippen molar-refractivity contribution >= 4 is 28.8 Å². The quantitative estimate of drug-likeness (QED) is 0.646. The Morgan fingerprint density at radius 2 is 1.71 bits per heavy atom. The highest BCUT2D eigenvalue weighted by Crippen LogP contribution is 2.36. The van der Waals surface area contributed by atoms with Gasteiger partial charge in [-0.2, -0.15) is 0 Å². The second kappa shape index (κ2) is 7.86. The summed E-state index contributed by atoms with van der Waals surface area (Å²) >= 11 is 1.39.